The molecule has 1 saturated heterocycles. The van der Waals surface area contributed by atoms with Crippen LogP contribution in [-0.4, -0.2) is 50.6 Å². The number of ether oxygens (including phenoxy) is 1. The lowest BCUT2D eigenvalue weighted by Gasteiger charge is -2.30. The van der Waals surface area contributed by atoms with Crippen molar-refractivity contribution in [2.75, 3.05) is 26.0 Å². The van der Waals surface area contributed by atoms with Crippen molar-refractivity contribution in [3.05, 3.63) is 29.8 Å². The first-order chi connectivity index (χ1) is 10.3. The maximum Gasteiger partial charge on any atom is 0.258 e. The number of carbonyl (C=O) groups excluding carboxylic acids is 1. The van der Waals surface area contributed by atoms with Crippen molar-refractivity contribution in [1.82, 2.24) is 9.62 Å². The van der Waals surface area contributed by atoms with Crippen molar-refractivity contribution in [2.24, 2.45) is 0 Å². The Morgan fingerprint density at radius 3 is 2.41 bits per heavy atom. The second kappa shape index (κ2) is 7.11. The van der Waals surface area contributed by atoms with Crippen molar-refractivity contribution in [1.29, 1.82) is 0 Å². The van der Waals surface area contributed by atoms with E-state index in [0.29, 0.717) is 31.7 Å². The summed E-state index contributed by atoms with van der Waals surface area (Å²) in [5.41, 5.74) is 1.13. The summed E-state index contributed by atoms with van der Waals surface area (Å²) in [7, 11) is -3.13. The van der Waals surface area contributed by atoms with Gasteiger partial charge in [-0.1, -0.05) is 17.7 Å². The highest BCUT2D eigenvalue weighted by Gasteiger charge is 2.25. The molecule has 22 heavy (non-hydrogen) atoms. The number of amides is 1. The quantitative estimate of drug-likeness (QED) is 0.873. The predicted octanol–water partition coefficient (Wildman–Crippen LogP) is 0.914. The maximum absolute atomic E-state index is 11.9. The SMILES string of the molecule is Cc1ccc(OCC(=O)NC2CCN(S(C)(=O)=O)CC2)cc1. The minimum atomic E-state index is -3.13. The zero-order valence-electron chi connectivity index (χ0n) is 12.9. The number of carbonyl (C=O) groups is 1. The second-order valence-corrected chi connectivity index (χ2v) is 7.59. The summed E-state index contributed by atoms with van der Waals surface area (Å²) in [4.78, 5) is 11.9. The van der Waals surface area contributed by atoms with E-state index in [-0.39, 0.29) is 18.6 Å². The van der Waals surface area contributed by atoms with Crippen molar-refractivity contribution < 1.29 is 17.9 Å². The molecule has 1 aromatic carbocycles. The van der Waals surface area contributed by atoms with Crippen LogP contribution in [0.1, 0.15) is 18.4 Å². The highest BCUT2D eigenvalue weighted by molar-refractivity contribution is 7.88. The molecule has 0 saturated carbocycles. The third-order valence-electron chi connectivity index (χ3n) is 3.68. The van der Waals surface area contributed by atoms with E-state index >= 15 is 0 Å². The molecular weight excluding hydrogens is 304 g/mol. The monoisotopic (exact) mass is 326 g/mol. The summed E-state index contributed by atoms with van der Waals surface area (Å²) in [6.45, 7) is 2.85. The number of benzene rings is 1. The Kier molecular flexibility index (Phi) is 5.42. The first-order valence-electron chi connectivity index (χ1n) is 7.28. The molecule has 0 aliphatic carbocycles. The molecule has 1 amide bonds. The molecule has 0 radical (unpaired) electrons. The van der Waals surface area contributed by atoms with Gasteiger partial charge in [0.1, 0.15) is 5.75 Å². The molecule has 1 fully saturated rings. The molecular formula is C15H22N2O4S. The molecule has 1 heterocycles. The number of piperidine rings is 1. The lowest BCUT2D eigenvalue weighted by molar-refractivity contribution is -0.124. The van der Waals surface area contributed by atoms with Crippen LogP contribution >= 0.6 is 0 Å². The van der Waals surface area contributed by atoms with Gasteiger partial charge in [0.15, 0.2) is 6.61 Å². The lowest BCUT2D eigenvalue weighted by Crippen LogP contribution is -2.47. The minimum absolute atomic E-state index is 0.00659. The normalized spacial score (nSPS) is 17.2. The van der Waals surface area contributed by atoms with Gasteiger partial charge in [0.25, 0.3) is 5.91 Å². The molecule has 1 N–H and O–H groups in total. The third kappa shape index (κ3) is 4.99. The van der Waals surface area contributed by atoms with Crippen LogP contribution in [-0.2, 0) is 14.8 Å². The fourth-order valence-corrected chi connectivity index (χ4v) is 3.26. The first-order valence-corrected chi connectivity index (χ1v) is 9.13. The van der Waals surface area contributed by atoms with E-state index in [1.807, 2.05) is 31.2 Å². The number of rotatable bonds is 5. The Balaban J connectivity index is 1.73. The smallest absolute Gasteiger partial charge is 0.258 e. The Bertz CT molecular complexity index is 605. The Labute approximate surface area is 131 Å². The summed E-state index contributed by atoms with van der Waals surface area (Å²) in [5.74, 6) is 0.478. The van der Waals surface area contributed by atoms with Gasteiger partial charge in [0.05, 0.1) is 6.26 Å². The number of nitrogens with one attached hydrogen (secondary N) is 1. The summed E-state index contributed by atoms with van der Waals surface area (Å²) in [6.07, 6.45) is 2.47. The largest absolute Gasteiger partial charge is 0.484 e. The zero-order chi connectivity index (χ0) is 16.2. The van der Waals surface area contributed by atoms with E-state index in [2.05, 4.69) is 5.32 Å². The van der Waals surface area contributed by atoms with Crippen LogP contribution in [0.2, 0.25) is 0 Å². The predicted molar refractivity (Wildman–Crippen MR) is 84.3 cm³/mol. The van der Waals surface area contributed by atoms with Crippen LogP contribution in [0, 0.1) is 6.92 Å². The molecule has 0 unspecified atom stereocenters. The van der Waals surface area contributed by atoms with Gasteiger partial charge in [-0.05, 0) is 31.9 Å². The van der Waals surface area contributed by atoms with E-state index in [0.717, 1.165) is 5.56 Å². The number of sulfonamides is 1. The van der Waals surface area contributed by atoms with Gasteiger partial charge in [0, 0.05) is 19.1 Å². The summed E-state index contributed by atoms with van der Waals surface area (Å²) >= 11 is 0. The number of nitrogens with zero attached hydrogens (tertiary/aromatic N) is 1. The van der Waals surface area contributed by atoms with Crippen molar-refractivity contribution >= 4 is 15.9 Å². The minimum Gasteiger partial charge on any atom is -0.484 e. The van der Waals surface area contributed by atoms with Gasteiger partial charge in [-0.25, -0.2) is 12.7 Å². The number of hydrogen-bond acceptors (Lipinski definition) is 4. The molecule has 6 nitrogen and oxygen atoms in total. The van der Waals surface area contributed by atoms with Crippen LogP contribution in [0.15, 0.2) is 24.3 Å². The zero-order valence-corrected chi connectivity index (χ0v) is 13.7. The van der Waals surface area contributed by atoms with Gasteiger partial charge in [-0.3, -0.25) is 4.79 Å². The molecule has 0 bridgehead atoms. The number of aryl methyl sites for hydroxylation is 1. The highest BCUT2D eigenvalue weighted by Crippen LogP contribution is 2.14. The fourth-order valence-electron chi connectivity index (χ4n) is 2.38. The Hall–Kier alpha value is -1.60. The molecule has 0 spiro atoms. The van der Waals surface area contributed by atoms with Crippen molar-refractivity contribution in [2.45, 2.75) is 25.8 Å². The maximum atomic E-state index is 11.9. The summed E-state index contributed by atoms with van der Waals surface area (Å²) in [6, 6.07) is 7.51. The van der Waals surface area contributed by atoms with Crippen molar-refractivity contribution in [3.63, 3.8) is 0 Å². The van der Waals surface area contributed by atoms with Crippen LogP contribution in [0.5, 0.6) is 5.75 Å². The standard InChI is InChI=1S/C15H22N2O4S/c1-12-3-5-14(6-4-12)21-11-15(18)16-13-7-9-17(10-8-13)22(2,19)20/h3-6,13H,7-11H2,1-2H3,(H,16,18). The molecule has 1 aromatic rings. The van der Waals surface area contributed by atoms with Gasteiger partial charge in [-0.2, -0.15) is 0 Å². The van der Waals surface area contributed by atoms with E-state index in [9.17, 15) is 13.2 Å². The second-order valence-electron chi connectivity index (χ2n) is 5.61. The fraction of sp³-hybridized carbons (Fsp3) is 0.533. The summed E-state index contributed by atoms with van der Waals surface area (Å²) in [5, 5.41) is 2.89. The third-order valence-corrected chi connectivity index (χ3v) is 4.98. The van der Waals surface area contributed by atoms with Crippen LogP contribution in [0.25, 0.3) is 0 Å². The van der Waals surface area contributed by atoms with Gasteiger partial charge in [0.2, 0.25) is 10.0 Å². The average molecular weight is 326 g/mol. The molecule has 1 aliphatic heterocycles. The molecule has 0 atom stereocenters. The number of hydrogen-bond donors (Lipinski definition) is 1. The summed E-state index contributed by atoms with van der Waals surface area (Å²) < 4.78 is 29.7. The first kappa shape index (κ1) is 16.8. The molecule has 7 heteroatoms. The van der Waals surface area contributed by atoms with Gasteiger partial charge < -0.3 is 10.1 Å². The van der Waals surface area contributed by atoms with Crippen LogP contribution < -0.4 is 10.1 Å². The van der Waals surface area contributed by atoms with Gasteiger partial charge in [-0.15, -0.1) is 0 Å². The van der Waals surface area contributed by atoms with E-state index < -0.39 is 10.0 Å². The Morgan fingerprint density at radius 1 is 1.27 bits per heavy atom. The highest BCUT2D eigenvalue weighted by atomic mass is 32.2. The average Bonchev–Trinajstić information content (AvgIpc) is 2.46. The van der Waals surface area contributed by atoms with Crippen LogP contribution in [0.4, 0.5) is 0 Å². The lowest BCUT2D eigenvalue weighted by atomic mass is 10.1. The van der Waals surface area contributed by atoms with E-state index in [1.165, 1.54) is 10.6 Å². The Morgan fingerprint density at radius 2 is 1.86 bits per heavy atom. The van der Waals surface area contributed by atoms with E-state index in [4.69, 9.17) is 4.74 Å². The molecule has 2 rings (SSSR count). The van der Waals surface area contributed by atoms with Gasteiger partial charge >= 0.3 is 0 Å². The molecule has 122 valence electrons. The molecule has 0 aromatic heterocycles. The van der Waals surface area contributed by atoms with Crippen molar-refractivity contribution in [3.8, 4) is 5.75 Å². The molecule has 1 aliphatic rings. The topological polar surface area (TPSA) is 75.7 Å². The van der Waals surface area contributed by atoms with Crippen LogP contribution in [0.3, 0.4) is 0 Å². The van der Waals surface area contributed by atoms with E-state index in [1.54, 1.807) is 0 Å².